The number of rotatable bonds is 2. The lowest BCUT2D eigenvalue weighted by Crippen LogP contribution is -2.34. The van der Waals surface area contributed by atoms with E-state index < -0.39 is 0 Å². The van der Waals surface area contributed by atoms with Crippen LogP contribution < -0.4 is 11.1 Å². The fourth-order valence-corrected chi connectivity index (χ4v) is 2.45. The van der Waals surface area contributed by atoms with Crippen LogP contribution >= 0.6 is 11.6 Å². The summed E-state index contributed by atoms with van der Waals surface area (Å²) >= 11 is 5.79. The average molecular weight is 243 g/mol. The van der Waals surface area contributed by atoms with Crippen molar-refractivity contribution in [1.82, 2.24) is 0 Å². The molecule has 2 rings (SSSR count). The predicted octanol–water partition coefficient (Wildman–Crippen LogP) is 3.16. The molecule has 0 heterocycles. The molecule has 0 saturated heterocycles. The summed E-state index contributed by atoms with van der Waals surface area (Å²) in [5.41, 5.74) is 6.64. The number of anilines is 1. The van der Waals surface area contributed by atoms with Gasteiger partial charge in [0.15, 0.2) is 0 Å². The number of hydrogen-bond donors (Lipinski definition) is 2. The number of nitrogens with one attached hydrogen (secondary N) is 1. The lowest BCUT2D eigenvalue weighted by molar-refractivity contribution is 0.409. The molecule has 0 aliphatic heterocycles. The zero-order chi connectivity index (χ0) is 11.5. The highest BCUT2D eigenvalue weighted by Crippen LogP contribution is 2.23. The molecule has 0 aromatic heterocycles. The average Bonchev–Trinajstić information content (AvgIpc) is 2.15. The van der Waals surface area contributed by atoms with Gasteiger partial charge >= 0.3 is 0 Å². The summed E-state index contributed by atoms with van der Waals surface area (Å²) in [4.78, 5) is 0. The van der Waals surface area contributed by atoms with Crippen molar-refractivity contribution >= 4 is 17.3 Å². The van der Waals surface area contributed by atoms with E-state index in [1.807, 2.05) is 0 Å². The van der Waals surface area contributed by atoms with E-state index in [9.17, 15) is 4.39 Å². The van der Waals surface area contributed by atoms with Crippen LogP contribution in [0.2, 0.25) is 5.02 Å². The molecule has 1 aliphatic carbocycles. The van der Waals surface area contributed by atoms with Crippen molar-refractivity contribution in [3.63, 3.8) is 0 Å². The Bertz CT molecular complexity index is 350. The maximum atomic E-state index is 13.1. The molecule has 0 spiro atoms. The van der Waals surface area contributed by atoms with Crippen LogP contribution in [0.4, 0.5) is 10.1 Å². The molecule has 2 atom stereocenters. The topological polar surface area (TPSA) is 38.0 Å². The lowest BCUT2D eigenvalue weighted by Gasteiger charge is -2.28. The van der Waals surface area contributed by atoms with Crippen LogP contribution in [0, 0.1) is 5.82 Å². The van der Waals surface area contributed by atoms with Gasteiger partial charge in [-0.2, -0.15) is 0 Å². The van der Waals surface area contributed by atoms with E-state index in [-0.39, 0.29) is 11.9 Å². The lowest BCUT2D eigenvalue weighted by atomic mass is 9.91. The van der Waals surface area contributed by atoms with Crippen LogP contribution in [0.3, 0.4) is 0 Å². The molecular formula is C12H16ClFN2. The smallest absolute Gasteiger partial charge is 0.126 e. The van der Waals surface area contributed by atoms with Gasteiger partial charge in [0.2, 0.25) is 0 Å². The number of halogens is 2. The van der Waals surface area contributed by atoms with Crippen molar-refractivity contribution in [2.75, 3.05) is 5.32 Å². The maximum Gasteiger partial charge on any atom is 0.126 e. The first-order chi connectivity index (χ1) is 7.63. The summed E-state index contributed by atoms with van der Waals surface area (Å²) < 4.78 is 13.1. The molecule has 0 amide bonds. The zero-order valence-electron chi connectivity index (χ0n) is 9.05. The highest BCUT2D eigenvalue weighted by Gasteiger charge is 2.18. The summed E-state index contributed by atoms with van der Waals surface area (Å²) in [5.74, 6) is -0.310. The Morgan fingerprint density at radius 3 is 2.81 bits per heavy atom. The highest BCUT2D eigenvalue weighted by atomic mass is 35.5. The van der Waals surface area contributed by atoms with E-state index in [4.69, 9.17) is 17.3 Å². The molecule has 1 aliphatic rings. The quantitative estimate of drug-likeness (QED) is 0.836. The van der Waals surface area contributed by atoms with Crippen LogP contribution in [-0.2, 0) is 0 Å². The minimum atomic E-state index is -0.310. The van der Waals surface area contributed by atoms with Gasteiger partial charge in [0.1, 0.15) is 5.82 Å². The molecule has 1 saturated carbocycles. The third-order valence-corrected chi connectivity index (χ3v) is 3.17. The van der Waals surface area contributed by atoms with E-state index in [2.05, 4.69) is 5.32 Å². The first-order valence-corrected chi connectivity index (χ1v) is 5.99. The first-order valence-electron chi connectivity index (χ1n) is 5.62. The van der Waals surface area contributed by atoms with Crippen LogP contribution in [0.15, 0.2) is 18.2 Å². The van der Waals surface area contributed by atoms with Crippen molar-refractivity contribution in [2.45, 2.75) is 37.8 Å². The van der Waals surface area contributed by atoms with E-state index >= 15 is 0 Å². The summed E-state index contributed by atoms with van der Waals surface area (Å²) in [5, 5.41) is 3.71. The van der Waals surface area contributed by atoms with Gasteiger partial charge in [0, 0.05) is 22.8 Å². The summed E-state index contributed by atoms with van der Waals surface area (Å²) in [6, 6.07) is 5.10. The predicted molar refractivity (Wildman–Crippen MR) is 65.3 cm³/mol. The Morgan fingerprint density at radius 1 is 1.31 bits per heavy atom. The Labute approximate surface area is 100.0 Å². The van der Waals surface area contributed by atoms with Gasteiger partial charge in [-0.3, -0.25) is 0 Å². The highest BCUT2D eigenvalue weighted by molar-refractivity contribution is 6.30. The molecule has 2 nitrogen and oxygen atoms in total. The van der Waals surface area contributed by atoms with Crippen LogP contribution in [0.5, 0.6) is 0 Å². The Balaban J connectivity index is 2.02. The van der Waals surface area contributed by atoms with Gasteiger partial charge in [-0.05, 0) is 43.9 Å². The number of benzene rings is 1. The van der Waals surface area contributed by atoms with Crippen molar-refractivity contribution in [3.05, 3.63) is 29.0 Å². The van der Waals surface area contributed by atoms with Crippen molar-refractivity contribution < 1.29 is 4.39 Å². The second-order valence-corrected chi connectivity index (χ2v) is 4.86. The van der Waals surface area contributed by atoms with Gasteiger partial charge in [-0.25, -0.2) is 4.39 Å². The van der Waals surface area contributed by atoms with Crippen LogP contribution in [-0.4, -0.2) is 12.1 Å². The maximum absolute atomic E-state index is 13.1. The second kappa shape index (κ2) is 5.02. The standard InChI is InChI=1S/C12H16ClFN2/c13-8-4-9(14)6-12(5-8)16-11-3-1-2-10(15)7-11/h4-6,10-11,16H,1-3,7,15H2. The largest absolute Gasteiger partial charge is 0.382 e. The van der Waals surface area contributed by atoms with Gasteiger partial charge in [-0.1, -0.05) is 11.6 Å². The van der Waals surface area contributed by atoms with E-state index in [1.54, 1.807) is 6.07 Å². The molecule has 88 valence electrons. The Morgan fingerprint density at radius 2 is 2.12 bits per heavy atom. The summed E-state index contributed by atoms with van der Waals surface area (Å²) in [6.07, 6.45) is 4.24. The minimum Gasteiger partial charge on any atom is -0.382 e. The van der Waals surface area contributed by atoms with Crippen molar-refractivity contribution in [3.8, 4) is 0 Å². The van der Waals surface area contributed by atoms with Gasteiger partial charge in [0.05, 0.1) is 0 Å². The minimum absolute atomic E-state index is 0.260. The number of nitrogens with two attached hydrogens (primary N) is 1. The Hall–Kier alpha value is -0.800. The molecule has 3 N–H and O–H groups in total. The van der Waals surface area contributed by atoms with E-state index in [0.29, 0.717) is 11.1 Å². The van der Waals surface area contributed by atoms with Crippen molar-refractivity contribution in [1.29, 1.82) is 0 Å². The third-order valence-electron chi connectivity index (χ3n) is 2.95. The molecule has 16 heavy (non-hydrogen) atoms. The molecule has 1 aromatic rings. The normalized spacial score (nSPS) is 25.4. The molecule has 0 bridgehead atoms. The summed E-state index contributed by atoms with van der Waals surface area (Å²) in [6.45, 7) is 0. The second-order valence-electron chi connectivity index (χ2n) is 4.43. The summed E-state index contributed by atoms with van der Waals surface area (Å²) in [7, 11) is 0. The van der Waals surface area contributed by atoms with Crippen LogP contribution in [0.25, 0.3) is 0 Å². The first kappa shape index (κ1) is 11.7. The van der Waals surface area contributed by atoms with E-state index in [0.717, 1.165) is 31.4 Å². The van der Waals surface area contributed by atoms with Gasteiger partial charge in [-0.15, -0.1) is 0 Å². The molecular weight excluding hydrogens is 227 g/mol. The zero-order valence-corrected chi connectivity index (χ0v) is 9.80. The SMILES string of the molecule is NC1CCCC(Nc2cc(F)cc(Cl)c2)C1. The fraction of sp³-hybridized carbons (Fsp3) is 0.500. The molecule has 0 radical (unpaired) electrons. The van der Waals surface area contributed by atoms with Gasteiger partial charge < -0.3 is 11.1 Å². The van der Waals surface area contributed by atoms with Gasteiger partial charge in [0.25, 0.3) is 0 Å². The molecule has 1 fully saturated rings. The van der Waals surface area contributed by atoms with E-state index in [1.165, 1.54) is 12.1 Å². The third kappa shape index (κ3) is 3.09. The Kier molecular flexibility index (Phi) is 3.66. The molecule has 1 aromatic carbocycles. The monoisotopic (exact) mass is 242 g/mol. The molecule has 2 unspecified atom stereocenters. The number of hydrogen-bond acceptors (Lipinski definition) is 2. The van der Waals surface area contributed by atoms with Crippen molar-refractivity contribution in [2.24, 2.45) is 5.73 Å². The van der Waals surface area contributed by atoms with Crippen LogP contribution in [0.1, 0.15) is 25.7 Å². The molecule has 4 heteroatoms. The fourth-order valence-electron chi connectivity index (χ4n) is 2.23.